The Bertz CT molecular complexity index is 636. The molecule has 0 aliphatic heterocycles. The van der Waals surface area contributed by atoms with Gasteiger partial charge in [-0.2, -0.15) is 0 Å². The summed E-state index contributed by atoms with van der Waals surface area (Å²) in [5.41, 5.74) is 0.659. The molecule has 0 atom stereocenters. The monoisotopic (exact) mass is 315 g/mol. The summed E-state index contributed by atoms with van der Waals surface area (Å²) in [5.74, 6) is -2.05. The number of halogens is 1. The summed E-state index contributed by atoms with van der Waals surface area (Å²) in [6, 6.07) is 3.59. The fourth-order valence-electron chi connectivity index (χ4n) is 2.56. The molecule has 0 bridgehead atoms. The number of aryl methyl sites for hydroxylation is 1. The molecule has 0 heterocycles. The molecule has 1 fully saturated rings. The van der Waals surface area contributed by atoms with Crippen LogP contribution in [0.25, 0.3) is 0 Å². The summed E-state index contributed by atoms with van der Waals surface area (Å²) in [7, 11) is -3.92. The number of nitrogens with one attached hydrogen (secondary N) is 1. The van der Waals surface area contributed by atoms with E-state index in [4.69, 9.17) is 5.11 Å². The highest BCUT2D eigenvalue weighted by molar-refractivity contribution is 7.89. The number of benzene rings is 1. The fourth-order valence-corrected chi connectivity index (χ4v) is 4.02. The van der Waals surface area contributed by atoms with Gasteiger partial charge in [-0.1, -0.05) is 6.07 Å². The molecule has 1 aliphatic carbocycles. The summed E-state index contributed by atoms with van der Waals surface area (Å²) >= 11 is 0. The Kier molecular flexibility index (Phi) is 4.63. The maximum Gasteiger partial charge on any atom is 0.306 e. The average Bonchev–Trinajstić information content (AvgIpc) is 2.41. The topological polar surface area (TPSA) is 83.5 Å². The van der Waals surface area contributed by atoms with Crippen LogP contribution in [-0.2, 0) is 14.8 Å². The highest BCUT2D eigenvalue weighted by atomic mass is 32.2. The van der Waals surface area contributed by atoms with Crippen LogP contribution in [-0.4, -0.2) is 25.5 Å². The van der Waals surface area contributed by atoms with E-state index < -0.39 is 27.7 Å². The van der Waals surface area contributed by atoms with Crippen LogP contribution in [0.1, 0.15) is 31.2 Å². The zero-order valence-corrected chi connectivity index (χ0v) is 12.5. The van der Waals surface area contributed by atoms with Crippen molar-refractivity contribution in [2.45, 2.75) is 43.5 Å². The van der Waals surface area contributed by atoms with E-state index in [9.17, 15) is 17.6 Å². The van der Waals surface area contributed by atoms with Crippen molar-refractivity contribution in [2.24, 2.45) is 5.92 Å². The minimum atomic E-state index is -3.92. The van der Waals surface area contributed by atoms with E-state index >= 15 is 0 Å². The van der Waals surface area contributed by atoms with Crippen molar-refractivity contribution in [3.8, 4) is 0 Å². The summed E-state index contributed by atoms with van der Waals surface area (Å²) in [4.78, 5) is 10.5. The summed E-state index contributed by atoms with van der Waals surface area (Å²) < 4.78 is 40.6. The molecule has 0 spiro atoms. The molecule has 116 valence electrons. The Balaban J connectivity index is 2.09. The largest absolute Gasteiger partial charge is 0.481 e. The van der Waals surface area contributed by atoms with Crippen molar-refractivity contribution in [1.82, 2.24) is 4.72 Å². The van der Waals surface area contributed by atoms with Crippen LogP contribution >= 0.6 is 0 Å². The molecular formula is C14H18FNO4S. The number of carbonyl (C=O) groups is 1. The number of sulfonamides is 1. The lowest BCUT2D eigenvalue weighted by Crippen LogP contribution is -2.39. The van der Waals surface area contributed by atoms with Crippen LogP contribution in [0, 0.1) is 18.7 Å². The van der Waals surface area contributed by atoms with Crippen molar-refractivity contribution in [1.29, 1.82) is 0 Å². The van der Waals surface area contributed by atoms with E-state index in [1.54, 1.807) is 6.92 Å². The third kappa shape index (κ3) is 3.79. The molecule has 1 aliphatic rings. The van der Waals surface area contributed by atoms with E-state index in [1.165, 1.54) is 12.1 Å². The Morgan fingerprint density at radius 3 is 2.48 bits per heavy atom. The molecule has 1 aromatic carbocycles. The second kappa shape index (κ2) is 6.11. The lowest BCUT2D eigenvalue weighted by molar-refractivity contribution is -0.142. The first kappa shape index (κ1) is 15.9. The normalized spacial score (nSPS) is 23.0. The number of hydrogen-bond donors (Lipinski definition) is 2. The van der Waals surface area contributed by atoms with Gasteiger partial charge in [0.2, 0.25) is 10.0 Å². The molecule has 1 aromatic rings. The standard InChI is InChI=1S/C14H18FNO4S/c1-9-2-7-12(15)13(8-9)21(19,20)16-11-5-3-10(4-6-11)14(17)18/h2,7-8,10-11,16H,3-6H2,1H3,(H,17,18). The fraction of sp³-hybridized carbons (Fsp3) is 0.500. The first-order valence-electron chi connectivity index (χ1n) is 6.81. The molecule has 5 nitrogen and oxygen atoms in total. The molecule has 21 heavy (non-hydrogen) atoms. The molecule has 0 radical (unpaired) electrons. The van der Waals surface area contributed by atoms with E-state index in [0.29, 0.717) is 31.2 Å². The van der Waals surface area contributed by atoms with Crippen molar-refractivity contribution in [2.75, 3.05) is 0 Å². The van der Waals surface area contributed by atoms with Gasteiger partial charge in [0.15, 0.2) is 0 Å². The maximum absolute atomic E-state index is 13.7. The lowest BCUT2D eigenvalue weighted by Gasteiger charge is -2.26. The van der Waals surface area contributed by atoms with E-state index in [-0.39, 0.29) is 10.9 Å². The van der Waals surface area contributed by atoms with Gasteiger partial charge >= 0.3 is 5.97 Å². The average molecular weight is 315 g/mol. The molecule has 0 unspecified atom stereocenters. The van der Waals surface area contributed by atoms with Crippen molar-refractivity contribution < 1.29 is 22.7 Å². The molecule has 2 rings (SSSR count). The second-order valence-electron chi connectivity index (χ2n) is 5.44. The number of aliphatic carboxylic acids is 1. The molecule has 0 aromatic heterocycles. The van der Waals surface area contributed by atoms with Gasteiger partial charge in [-0.05, 0) is 50.3 Å². The van der Waals surface area contributed by atoms with Crippen molar-refractivity contribution in [3.05, 3.63) is 29.6 Å². The van der Waals surface area contributed by atoms with E-state index in [0.717, 1.165) is 6.07 Å². The van der Waals surface area contributed by atoms with Gasteiger partial charge < -0.3 is 5.11 Å². The first-order valence-corrected chi connectivity index (χ1v) is 8.29. The van der Waals surface area contributed by atoms with Crippen molar-refractivity contribution >= 4 is 16.0 Å². The van der Waals surface area contributed by atoms with Gasteiger partial charge in [-0.3, -0.25) is 4.79 Å². The Hall–Kier alpha value is -1.47. The molecule has 1 saturated carbocycles. The molecule has 7 heteroatoms. The third-order valence-corrected chi connectivity index (χ3v) is 5.31. The minimum absolute atomic E-state index is 0.342. The Morgan fingerprint density at radius 2 is 1.90 bits per heavy atom. The second-order valence-corrected chi connectivity index (χ2v) is 7.12. The Labute approximate surface area is 123 Å². The van der Waals surface area contributed by atoms with Crippen LogP contribution in [0.2, 0.25) is 0 Å². The molecule has 0 amide bonds. The SMILES string of the molecule is Cc1ccc(F)c(S(=O)(=O)NC2CCC(C(=O)O)CC2)c1. The van der Waals surface area contributed by atoms with Gasteiger partial charge in [0.1, 0.15) is 10.7 Å². The van der Waals surface area contributed by atoms with Crippen LogP contribution < -0.4 is 4.72 Å². The Morgan fingerprint density at radius 1 is 1.29 bits per heavy atom. The maximum atomic E-state index is 13.7. The summed E-state index contributed by atoms with van der Waals surface area (Å²) in [6.07, 6.45) is 1.75. The highest BCUT2D eigenvalue weighted by Gasteiger charge is 2.29. The quantitative estimate of drug-likeness (QED) is 0.891. The smallest absolute Gasteiger partial charge is 0.306 e. The van der Waals surface area contributed by atoms with E-state index in [2.05, 4.69) is 4.72 Å². The molecule has 2 N–H and O–H groups in total. The van der Waals surface area contributed by atoms with Crippen molar-refractivity contribution in [3.63, 3.8) is 0 Å². The predicted molar refractivity (Wildman–Crippen MR) is 74.8 cm³/mol. The molecular weight excluding hydrogens is 297 g/mol. The minimum Gasteiger partial charge on any atom is -0.481 e. The van der Waals surface area contributed by atoms with Crippen LogP contribution in [0.15, 0.2) is 23.1 Å². The predicted octanol–water partition coefficient (Wildman–Crippen LogP) is 2.06. The van der Waals surface area contributed by atoms with Crippen LogP contribution in [0.5, 0.6) is 0 Å². The lowest BCUT2D eigenvalue weighted by atomic mass is 9.87. The number of carboxylic acids is 1. The van der Waals surface area contributed by atoms with Crippen LogP contribution in [0.3, 0.4) is 0 Å². The molecule has 0 saturated heterocycles. The summed E-state index contributed by atoms with van der Waals surface area (Å²) in [5, 5.41) is 8.91. The highest BCUT2D eigenvalue weighted by Crippen LogP contribution is 2.26. The van der Waals surface area contributed by atoms with Crippen LogP contribution in [0.4, 0.5) is 4.39 Å². The van der Waals surface area contributed by atoms with E-state index in [1.807, 2.05) is 0 Å². The third-order valence-electron chi connectivity index (χ3n) is 3.77. The van der Waals surface area contributed by atoms with Gasteiger partial charge in [-0.25, -0.2) is 17.5 Å². The van der Waals surface area contributed by atoms with Gasteiger partial charge in [0.25, 0.3) is 0 Å². The first-order chi connectivity index (χ1) is 9.79. The number of rotatable bonds is 4. The zero-order chi connectivity index (χ0) is 15.6. The van der Waals surface area contributed by atoms with Gasteiger partial charge in [0, 0.05) is 6.04 Å². The van der Waals surface area contributed by atoms with Gasteiger partial charge in [0.05, 0.1) is 5.92 Å². The number of carboxylic acid groups (broad SMARTS) is 1. The van der Waals surface area contributed by atoms with Gasteiger partial charge in [-0.15, -0.1) is 0 Å². The summed E-state index contributed by atoms with van der Waals surface area (Å²) in [6.45, 7) is 1.69. The number of hydrogen-bond acceptors (Lipinski definition) is 3. The zero-order valence-electron chi connectivity index (χ0n) is 11.7.